The van der Waals surface area contributed by atoms with Crippen LogP contribution in [0.5, 0.6) is 0 Å². The van der Waals surface area contributed by atoms with E-state index in [1.807, 2.05) is 30.6 Å². The van der Waals surface area contributed by atoms with Gasteiger partial charge in [-0.05, 0) is 37.0 Å². The van der Waals surface area contributed by atoms with Crippen molar-refractivity contribution in [2.24, 2.45) is 23.0 Å². The Bertz CT molecular complexity index is 442. The van der Waals surface area contributed by atoms with Gasteiger partial charge in [-0.3, -0.25) is 9.59 Å². The fourth-order valence-corrected chi connectivity index (χ4v) is 3.56. The molecule has 0 saturated carbocycles. The summed E-state index contributed by atoms with van der Waals surface area (Å²) in [7, 11) is 0. The predicted molar refractivity (Wildman–Crippen MR) is 99.0 cm³/mol. The van der Waals surface area contributed by atoms with E-state index in [-0.39, 0.29) is 29.6 Å². The molecule has 0 radical (unpaired) electrons. The quantitative estimate of drug-likeness (QED) is 0.822. The second-order valence-corrected chi connectivity index (χ2v) is 8.47. The normalized spacial score (nSPS) is 24.3. The highest BCUT2D eigenvalue weighted by molar-refractivity contribution is 5.85. The van der Waals surface area contributed by atoms with E-state index in [1.165, 1.54) is 6.42 Å². The Morgan fingerprint density at radius 2 is 1.62 bits per heavy atom. The number of amides is 2. The second kappa shape index (κ2) is 8.52. The lowest BCUT2D eigenvalue weighted by molar-refractivity contribution is -0.143. The number of likely N-dealkylation sites (tertiary alicyclic amines) is 2. The first-order chi connectivity index (χ1) is 10.7. The fraction of sp³-hybridized carbons (Fsp3) is 0.889. The average Bonchev–Trinajstić information content (AvgIpc) is 2.52. The topological polar surface area (TPSA) is 66.6 Å². The molecule has 2 fully saturated rings. The van der Waals surface area contributed by atoms with Crippen LogP contribution in [-0.4, -0.2) is 53.8 Å². The van der Waals surface area contributed by atoms with E-state index in [4.69, 9.17) is 5.73 Å². The summed E-state index contributed by atoms with van der Waals surface area (Å²) in [5.41, 5.74) is 5.86. The molecule has 0 aromatic rings. The number of rotatable bonds is 2. The van der Waals surface area contributed by atoms with Gasteiger partial charge in [-0.1, -0.05) is 27.7 Å². The first-order valence-electron chi connectivity index (χ1n) is 9.03. The summed E-state index contributed by atoms with van der Waals surface area (Å²) in [6.07, 6.45) is 3.88. The first kappa shape index (κ1) is 21.2. The maximum absolute atomic E-state index is 12.7. The monoisotopic (exact) mass is 359 g/mol. The van der Waals surface area contributed by atoms with E-state index in [0.717, 1.165) is 32.4 Å². The number of hydrogen-bond donors (Lipinski definition) is 1. The Balaban J connectivity index is 0.00000288. The Morgan fingerprint density at radius 3 is 2.12 bits per heavy atom. The van der Waals surface area contributed by atoms with Crippen LogP contribution in [-0.2, 0) is 9.59 Å². The van der Waals surface area contributed by atoms with Gasteiger partial charge in [-0.25, -0.2) is 0 Å². The highest BCUT2D eigenvalue weighted by atomic mass is 35.5. The van der Waals surface area contributed by atoms with Crippen molar-refractivity contribution in [3.05, 3.63) is 0 Å². The molecule has 0 spiro atoms. The molecule has 140 valence electrons. The summed E-state index contributed by atoms with van der Waals surface area (Å²) in [6, 6.07) is -0.474. The summed E-state index contributed by atoms with van der Waals surface area (Å²) >= 11 is 0. The molecular formula is C18H34ClN3O2. The highest BCUT2D eigenvalue weighted by Crippen LogP contribution is 2.25. The Labute approximate surface area is 152 Å². The average molecular weight is 360 g/mol. The lowest BCUT2D eigenvalue weighted by Gasteiger charge is -2.39. The lowest BCUT2D eigenvalue weighted by Crippen LogP contribution is -2.53. The summed E-state index contributed by atoms with van der Waals surface area (Å²) in [5.74, 6) is 1.01. The molecule has 2 heterocycles. The second-order valence-electron chi connectivity index (χ2n) is 8.47. The minimum Gasteiger partial charge on any atom is -0.342 e. The molecule has 2 aliphatic heterocycles. The van der Waals surface area contributed by atoms with Crippen molar-refractivity contribution in [3.8, 4) is 0 Å². The molecule has 0 aliphatic carbocycles. The minimum absolute atomic E-state index is 0. The number of hydrogen-bond acceptors (Lipinski definition) is 3. The molecule has 0 bridgehead atoms. The van der Waals surface area contributed by atoms with Crippen molar-refractivity contribution in [2.75, 3.05) is 26.2 Å². The summed E-state index contributed by atoms with van der Waals surface area (Å²) in [6.45, 7) is 11.3. The van der Waals surface area contributed by atoms with Gasteiger partial charge in [0.1, 0.15) is 0 Å². The largest absolute Gasteiger partial charge is 0.342 e. The van der Waals surface area contributed by atoms with Crippen LogP contribution in [0.1, 0.15) is 53.4 Å². The third kappa shape index (κ3) is 5.09. The molecule has 24 heavy (non-hydrogen) atoms. The molecule has 0 aromatic heterocycles. The van der Waals surface area contributed by atoms with Crippen molar-refractivity contribution in [1.82, 2.24) is 9.80 Å². The van der Waals surface area contributed by atoms with Gasteiger partial charge in [0.25, 0.3) is 0 Å². The summed E-state index contributed by atoms with van der Waals surface area (Å²) in [4.78, 5) is 29.0. The van der Waals surface area contributed by atoms with Crippen LogP contribution in [0, 0.1) is 17.3 Å². The van der Waals surface area contributed by atoms with E-state index in [2.05, 4.69) is 6.92 Å². The summed E-state index contributed by atoms with van der Waals surface area (Å²) < 4.78 is 0. The van der Waals surface area contributed by atoms with E-state index in [0.29, 0.717) is 24.9 Å². The number of carbonyl (C=O) groups is 2. The van der Waals surface area contributed by atoms with Crippen LogP contribution in [0.25, 0.3) is 0 Å². The Hall–Kier alpha value is -0.810. The van der Waals surface area contributed by atoms with E-state index in [1.54, 1.807) is 0 Å². The molecule has 0 aromatic carbocycles. The van der Waals surface area contributed by atoms with Crippen molar-refractivity contribution in [3.63, 3.8) is 0 Å². The number of carbonyl (C=O) groups excluding carboxylic acids is 2. The highest BCUT2D eigenvalue weighted by Gasteiger charge is 2.35. The molecule has 2 rings (SSSR count). The van der Waals surface area contributed by atoms with Gasteiger partial charge >= 0.3 is 0 Å². The SMILES string of the molecule is CC1CCCN(C(=O)C2CCN(C(=O)[C@@H](N)C(C)(C)C)CC2)C1.Cl. The lowest BCUT2D eigenvalue weighted by atomic mass is 9.85. The zero-order valence-electron chi connectivity index (χ0n) is 15.6. The van der Waals surface area contributed by atoms with Gasteiger partial charge in [0, 0.05) is 32.1 Å². The van der Waals surface area contributed by atoms with Crippen LogP contribution < -0.4 is 5.73 Å². The van der Waals surface area contributed by atoms with Gasteiger partial charge < -0.3 is 15.5 Å². The van der Waals surface area contributed by atoms with E-state index < -0.39 is 6.04 Å². The van der Waals surface area contributed by atoms with Gasteiger partial charge in [0.2, 0.25) is 11.8 Å². The molecule has 2 aliphatic rings. The first-order valence-corrected chi connectivity index (χ1v) is 9.03. The Kier molecular flexibility index (Phi) is 7.54. The van der Waals surface area contributed by atoms with E-state index >= 15 is 0 Å². The maximum atomic E-state index is 12.7. The number of nitrogens with two attached hydrogens (primary N) is 1. The standard InChI is InChI=1S/C18H33N3O2.ClH/c1-13-6-5-9-21(12-13)16(22)14-7-10-20(11-8-14)17(23)15(19)18(2,3)4;/h13-15H,5-12,19H2,1-4H3;1H/t13?,15-;/m1./s1. The van der Waals surface area contributed by atoms with Crippen LogP contribution in [0.3, 0.4) is 0 Å². The molecule has 2 N–H and O–H groups in total. The smallest absolute Gasteiger partial charge is 0.240 e. The van der Waals surface area contributed by atoms with Crippen molar-refractivity contribution >= 4 is 24.2 Å². The third-order valence-electron chi connectivity index (χ3n) is 5.32. The molecule has 5 nitrogen and oxygen atoms in total. The zero-order chi connectivity index (χ0) is 17.2. The Morgan fingerprint density at radius 1 is 1.04 bits per heavy atom. The minimum atomic E-state index is -0.474. The molecule has 6 heteroatoms. The molecule has 1 unspecified atom stereocenters. The summed E-state index contributed by atoms with van der Waals surface area (Å²) in [5, 5.41) is 0. The number of nitrogens with zero attached hydrogens (tertiary/aromatic N) is 2. The van der Waals surface area contributed by atoms with Gasteiger partial charge in [0.15, 0.2) is 0 Å². The van der Waals surface area contributed by atoms with Crippen molar-refractivity contribution in [1.29, 1.82) is 0 Å². The fourth-order valence-electron chi connectivity index (χ4n) is 3.56. The molecule has 2 amide bonds. The molecular weight excluding hydrogens is 326 g/mol. The van der Waals surface area contributed by atoms with Crippen LogP contribution in [0.4, 0.5) is 0 Å². The van der Waals surface area contributed by atoms with Gasteiger partial charge in [-0.2, -0.15) is 0 Å². The van der Waals surface area contributed by atoms with Crippen LogP contribution in [0.2, 0.25) is 0 Å². The van der Waals surface area contributed by atoms with Crippen LogP contribution in [0.15, 0.2) is 0 Å². The third-order valence-corrected chi connectivity index (χ3v) is 5.32. The maximum Gasteiger partial charge on any atom is 0.240 e. The van der Waals surface area contributed by atoms with Crippen molar-refractivity contribution < 1.29 is 9.59 Å². The van der Waals surface area contributed by atoms with Crippen molar-refractivity contribution in [2.45, 2.75) is 59.4 Å². The van der Waals surface area contributed by atoms with Gasteiger partial charge in [0.05, 0.1) is 6.04 Å². The predicted octanol–water partition coefficient (Wildman–Crippen LogP) is 2.28. The number of halogens is 1. The molecule has 2 saturated heterocycles. The van der Waals surface area contributed by atoms with Crippen LogP contribution >= 0.6 is 12.4 Å². The zero-order valence-corrected chi connectivity index (χ0v) is 16.4. The molecule has 2 atom stereocenters. The van der Waals surface area contributed by atoms with Gasteiger partial charge in [-0.15, -0.1) is 12.4 Å². The number of piperidine rings is 2. The van der Waals surface area contributed by atoms with E-state index in [9.17, 15) is 9.59 Å².